The highest BCUT2D eigenvalue weighted by molar-refractivity contribution is 5.76. The number of rotatable bonds is 8. The lowest BCUT2D eigenvalue weighted by Gasteiger charge is -2.26. The maximum Gasteiger partial charge on any atom is 0.131 e. The molecule has 0 spiro atoms. The summed E-state index contributed by atoms with van der Waals surface area (Å²) in [5, 5.41) is 10.1. The van der Waals surface area contributed by atoms with Crippen molar-refractivity contribution in [1.82, 2.24) is 4.90 Å². The molecular weight excluding hydrogens is 266 g/mol. The molecule has 4 nitrogen and oxygen atoms in total. The first-order chi connectivity index (χ1) is 10.1. The predicted octanol–water partition coefficient (Wildman–Crippen LogP) is 2.01. The molecule has 2 atom stereocenters. The van der Waals surface area contributed by atoms with Gasteiger partial charge in [0.05, 0.1) is 19.3 Å². The highest BCUT2D eigenvalue weighted by atomic mass is 16.5. The minimum Gasteiger partial charge on any atom is -0.389 e. The second-order valence-corrected chi connectivity index (χ2v) is 5.85. The summed E-state index contributed by atoms with van der Waals surface area (Å²) in [6.45, 7) is 4.04. The molecule has 0 radical (unpaired) electrons. The smallest absolute Gasteiger partial charge is 0.131 e. The highest BCUT2D eigenvalue weighted by Gasteiger charge is 2.27. The SMILES string of the molecule is CC(=O)CC1CCCN1CC(O)COCc1ccccc1. The summed E-state index contributed by atoms with van der Waals surface area (Å²) >= 11 is 0. The zero-order valence-electron chi connectivity index (χ0n) is 12.7. The van der Waals surface area contributed by atoms with Crippen LogP contribution in [0.2, 0.25) is 0 Å². The Morgan fingerprint density at radius 2 is 2.19 bits per heavy atom. The number of hydrogen-bond acceptors (Lipinski definition) is 4. The van der Waals surface area contributed by atoms with Crippen molar-refractivity contribution in [3.05, 3.63) is 35.9 Å². The summed E-state index contributed by atoms with van der Waals surface area (Å²) in [7, 11) is 0. The standard InChI is InChI=1S/C17H25NO3/c1-14(19)10-16-8-5-9-18(16)11-17(20)13-21-12-15-6-3-2-4-7-15/h2-4,6-7,16-17,20H,5,8-13H2,1H3. The number of carbonyl (C=O) groups excluding carboxylic acids is 1. The van der Waals surface area contributed by atoms with Crippen LogP contribution in [0.15, 0.2) is 30.3 Å². The van der Waals surface area contributed by atoms with Gasteiger partial charge in [0.1, 0.15) is 5.78 Å². The number of likely N-dealkylation sites (tertiary alicyclic amines) is 1. The molecule has 1 aromatic carbocycles. The number of β-amino-alcohol motifs (C(OH)–C–C–N with tert-alkyl or cyclic N) is 1. The highest BCUT2D eigenvalue weighted by Crippen LogP contribution is 2.20. The van der Waals surface area contributed by atoms with Crippen LogP contribution in [0.1, 0.15) is 31.7 Å². The summed E-state index contributed by atoms with van der Waals surface area (Å²) in [5.41, 5.74) is 1.11. The van der Waals surface area contributed by atoms with Gasteiger partial charge in [0, 0.05) is 19.0 Å². The van der Waals surface area contributed by atoms with E-state index in [0.29, 0.717) is 32.2 Å². The minimum absolute atomic E-state index is 0.224. The maximum absolute atomic E-state index is 11.2. The number of ketones is 1. The predicted molar refractivity (Wildman–Crippen MR) is 82.0 cm³/mol. The summed E-state index contributed by atoms with van der Waals surface area (Å²) in [4.78, 5) is 13.5. The number of aliphatic hydroxyl groups is 1. The van der Waals surface area contributed by atoms with Crippen molar-refractivity contribution in [1.29, 1.82) is 0 Å². The van der Waals surface area contributed by atoms with Crippen LogP contribution in [-0.2, 0) is 16.1 Å². The van der Waals surface area contributed by atoms with Gasteiger partial charge < -0.3 is 9.84 Å². The molecule has 0 bridgehead atoms. The fourth-order valence-electron chi connectivity index (χ4n) is 2.91. The van der Waals surface area contributed by atoms with Gasteiger partial charge in [-0.1, -0.05) is 30.3 Å². The Labute approximate surface area is 126 Å². The largest absolute Gasteiger partial charge is 0.389 e. The Balaban J connectivity index is 1.69. The van der Waals surface area contributed by atoms with Gasteiger partial charge in [-0.2, -0.15) is 0 Å². The molecule has 1 saturated heterocycles. The zero-order chi connectivity index (χ0) is 15.1. The van der Waals surface area contributed by atoms with Crippen LogP contribution in [0, 0.1) is 0 Å². The van der Waals surface area contributed by atoms with E-state index in [-0.39, 0.29) is 5.78 Å². The third-order valence-corrected chi connectivity index (χ3v) is 3.89. The maximum atomic E-state index is 11.2. The van der Waals surface area contributed by atoms with Crippen LogP contribution >= 0.6 is 0 Å². The first-order valence-electron chi connectivity index (χ1n) is 7.68. The Morgan fingerprint density at radius 3 is 2.90 bits per heavy atom. The average Bonchev–Trinajstić information content (AvgIpc) is 2.86. The number of carbonyl (C=O) groups is 1. The van der Waals surface area contributed by atoms with Gasteiger partial charge in [-0.3, -0.25) is 9.69 Å². The fourth-order valence-corrected chi connectivity index (χ4v) is 2.91. The minimum atomic E-state index is -0.499. The summed E-state index contributed by atoms with van der Waals surface area (Å²) < 4.78 is 5.56. The van der Waals surface area contributed by atoms with Crippen molar-refractivity contribution in [2.24, 2.45) is 0 Å². The van der Waals surface area contributed by atoms with Crippen molar-refractivity contribution in [3.63, 3.8) is 0 Å². The third kappa shape index (κ3) is 5.58. The molecule has 1 aliphatic rings. The molecule has 0 saturated carbocycles. The molecule has 21 heavy (non-hydrogen) atoms. The van der Waals surface area contributed by atoms with Crippen LogP contribution in [-0.4, -0.2) is 47.6 Å². The monoisotopic (exact) mass is 291 g/mol. The van der Waals surface area contributed by atoms with E-state index in [1.54, 1.807) is 6.92 Å². The van der Waals surface area contributed by atoms with Gasteiger partial charge in [-0.25, -0.2) is 0 Å². The first kappa shape index (κ1) is 16.1. The van der Waals surface area contributed by atoms with Gasteiger partial charge in [-0.05, 0) is 31.9 Å². The molecule has 1 fully saturated rings. The molecule has 1 N–H and O–H groups in total. The average molecular weight is 291 g/mol. The van der Waals surface area contributed by atoms with Gasteiger partial charge in [-0.15, -0.1) is 0 Å². The molecule has 4 heteroatoms. The van der Waals surface area contributed by atoms with E-state index >= 15 is 0 Å². The summed E-state index contributed by atoms with van der Waals surface area (Å²) in [6.07, 6.45) is 2.26. The molecule has 0 aromatic heterocycles. The van der Waals surface area contributed by atoms with Gasteiger partial charge in [0.25, 0.3) is 0 Å². The fraction of sp³-hybridized carbons (Fsp3) is 0.588. The van der Waals surface area contributed by atoms with E-state index in [9.17, 15) is 9.90 Å². The second kappa shape index (κ2) is 8.27. The lowest BCUT2D eigenvalue weighted by molar-refractivity contribution is -0.118. The number of hydrogen-bond donors (Lipinski definition) is 1. The van der Waals surface area contributed by atoms with E-state index in [0.717, 1.165) is 24.9 Å². The number of aliphatic hydroxyl groups excluding tert-OH is 1. The Bertz CT molecular complexity index is 435. The Hall–Kier alpha value is -1.23. The van der Waals surface area contributed by atoms with Crippen LogP contribution in [0.5, 0.6) is 0 Å². The number of nitrogens with zero attached hydrogens (tertiary/aromatic N) is 1. The van der Waals surface area contributed by atoms with Crippen LogP contribution < -0.4 is 0 Å². The topological polar surface area (TPSA) is 49.8 Å². The van der Waals surface area contributed by atoms with Gasteiger partial charge in [0.2, 0.25) is 0 Å². The summed E-state index contributed by atoms with van der Waals surface area (Å²) in [5.74, 6) is 0.224. The lowest BCUT2D eigenvalue weighted by atomic mass is 10.1. The first-order valence-corrected chi connectivity index (χ1v) is 7.68. The normalized spacial score (nSPS) is 20.6. The Kier molecular flexibility index (Phi) is 6.36. The molecule has 1 heterocycles. The van der Waals surface area contributed by atoms with Crippen LogP contribution in [0.25, 0.3) is 0 Å². The quantitative estimate of drug-likeness (QED) is 0.796. The van der Waals surface area contributed by atoms with E-state index in [2.05, 4.69) is 4.90 Å². The second-order valence-electron chi connectivity index (χ2n) is 5.85. The van der Waals surface area contributed by atoms with Crippen molar-refractivity contribution < 1.29 is 14.6 Å². The van der Waals surface area contributed by atoms with Gasteiger partial charge in [0.15, 0.2) is 0 Å². The molecule has 2 rings (SSSR count). The van der Waals surface area contributed by atoms with E-state index in [1.165, 1.54) is 0 Å². The Morgan fingerprint density at radius 1 is 1.43 bits per heavy atom. The van der Waals surface area contributed by atoms with Crippen LogP contribution in [0.3, 0.4) is 0 Å². The van der Waals surface area contributed by atoms with Crippen LogP contribution in [0.4, 0.5) is 0 Å². The van der Waals surface area contributed by atoms with Crippen molar-refractivity contribution in [2.45, 2.75) is 44.9 Å². The van der Waals surface area contributed by atoms with Gasteiger partial charge >= 0.3 is 0 Å². The number of ether oxygens (including phenoxy) is 1. The third-order valence-electron chi connectivity index (χ3n) is 3.89. The molecule has 1 aliphatic heterocycles. The number of Topliss-reactive ketones (excluding diaryl/α,β-unsaturated/α-hetero) is 1. The molecule has 116 valence electrons. The van der Waals surface area contributed by atoms with Crippen molar-refractivity contribution in [2.75, 3.05) is 19.7 Å². The molecule has 2 unspecified atom stereocenters. The molecule has 0 amide bonds. The molecule has 0 aliphatic carbocycles. The van der Waals surface area contributed by atoms with E-state index in [4.69, 9.17) is 4.74 Å². The number of benzene rings is 1. The van der Waals surface area contributed by atoms with Crippen molar-refractivity contribution >= 4 is 5.78 Å². The zero-order valence-corrected chi connectivity index (χ0v) is 12.7. The summed E-state index contributed by atoms with van der Waals surface area (Å²) in [6, 6.07) is 10.2. The van der Waals surface area contributed by atoms with Crippen molar-refractivity contribution in [3.8, 4) is 0 Å². The van der Waals surface area contributed by atoms with E-state index < -0.39 is 6.10 Å². The lowest BCUT2D eigenvalue weighted by Crippen LogP contribution is -2.38. The molecule has 1 aromatic rings. The molecular formula is C17H25NO3. The van der Waals surface area contributed by atoms with E-state index in [1.807, 2.05) is 30.3 Å².